The van der Waals surface area contributed by atoms with Gasteiger partial charge in [-0.15, -0.1) is 0 Å². The van der Waals surface area contributed by atoms with E-state index in [9.17, 15) is 18.5 Å². The standard InChI is InChI=1S/C21H33N5O4S2/c1-25(2)20-10-6-5-9-19(20)23-21(31)22-17-7-3-4-8-18(17)24-32(29,30)16-13-11-15(12-14-16)26(27)28/h11-14,17-20,24H,3-10H2,1-2H3,(H2,22,23,31)/t17-,18-,19-,20-/m0/s1. The summed E-state index contributed by atoms with van der Waals surface area (Å²) in [5.41, 5.74) is -0.142. The molecule has 3 rings (SSSR count). The van der Waals surface area contributed by atoms with E-state index in [2.05, 4.69) is 34.4 Å². The minimum atomic E-state index is -3.80. The smallest absolute Gasteiger partial charge is 0.269 e. The van der Waals surface area contributed by atoms with Crippen LogP contribution in [0.2, 0.25) is 0 Å². The Labute approximate surface area is 195 Å². The second-order valence-electron chi connectivity index (χ2n) is 8.91. The Kier molecular flexibility index (Phi) is 8.43. The summed E-state index contributed by atoms with van der Waals surface area (Å²) in [6.07, 6.45) is 8.03. The molecule has 1 aromatic rings. The van der Waals surface area contributed by atoms with Crippen LogP contribution in [0.4, 0.5) is 5.69 Å². The van der Waals surface area contributed by atoms with Crippen LogP contribution in [0.1, 0.15) is 51.4 Å². The van der Waals surface area contributed by atoms with Gasteiger partial charge in [-0.3, -0.25) is 10.1 Å². The molecule has 2 fully saturated rings. The minimum absolute atomic E-state index is 0.0177. The highest BCUT2D eigenvalue weighted by atomic mass is 32.2. The van der Waals surface area contributed by atoms with Gasteiger partial charge >= 0.3 is 0 Å². The van der Waals surface area contributed by atoms with Crippen molar-refractivity contribution in [1.29, 1.82) is 0 Å². The van der Waals surface area contributed by atoms with Crippen molar-refractivity contribution in [3.05, 3.63) is 34.4 Å². The zero-order valence-corrected chi connectivity index (χ0v) is 20.3. The number of hydrogen-bond donors (Lipinski definition) is 3. The van der Waals surface area contributed by atoms with Gasteiger partial charge in [0.1, 0.15) is 0 Å². The zero-order valence-electron chi connectivity index (χ0n) is 18.6. The van der Waals surface area contributed by atoms with E-state index in [-0.39, 0.29) is 28.7 Å². The molecule has 3 N–H and O–H groups in total. The molecule has 2 saturated carbocycles. The number of thiocarbonyl (C=S) groups is 1. The Balaban J connectivity index is 1.63. The van der Waals surface area contributed by atoms with Crippen LogP contribution in [-0.2, 0) is 10.0 Å². The third-order valence-corrected chi connectivity index (χ3v) is 8.20. The molecule has 178 valence electrons. The first-order chi connectivity index (χ1) is 15.2. The summed E-state index contributed by atoms with van der Waals surface area (Å²) in [4.78, 5) is 12.5. The number of nitrogens with zero attached hydrogens (tertiary/aromatic N) is 2. The van der Waals surface area contributed by atoms with E-state index >= 15 is 0 Å². The highest BCUT2D eigenvalue weighted by molar-refractivity contribution is 7.89. The molecule has 32 heavy (non-hydrogen) atoms. The van der Waals surface area contributed by atoms with Gasteiger partial charge in [-0.2, -0.15) is 0 Å². The molecule has 0 unspecified atom stereocenters. The lowest BCUT2D eigenvalue weighted by Gasteiger charge is -2.38. The molecule has 1 aromatic carbocycles. The second kappa shape index (κ2) is 10.9. The summed E-state index contributed by atoms with van der Waals surface area (Å²) in [7, 11) is 0.376. The zero-order chi connectivity index (χ0) is 23.3. The fourth-order valence-corrected chi connectivity index (χ4v) is 6.35. The van der Waals surface area contributed by atoms with E-state index < -0.39 is 14.9 Å². The van der Waals surface area contributed by atoms with Crippen LogP contribution in [-0.4, -0.2) is 61.6 Å². The maximum atomic E-state index is 12.9. The number of benzene rings is 1. The molecular weight excluding hydrogens is 450 g/mol. The molecule has 0 spiro atoms. The van der Waals surface area contributed by atoms with Crippen molar-refractivity contribution >= 4 is 33.0 Å². The highest BCUT2D eigenvalue weighted by Crippen LogP contribution is 2.24. The Bertz CT molecular complexity index is 907. The number of likely N-dealkylation sites (N-methyl/N-ethyl adjacent to an activating group) is 1. The van der Waals surface area contributed by atoms with E-state index in [4.69, 9.17) is 12.2 Å². The summed E-state index contributed by atoms with van der Waals surface area (Å²) in [6, 6.07) is 5.22. The predicted molar refractivity (Wildman–Crippen MR) is 128 cm³/mol. The summed E-state index contributed by atoms with van der Waals surface area (Å²) in [5.74, 6) is 0. The fourth-order valence-electron chi connectivity index (χ4n) is 4.74. The van der Waals surface area contributed by atoms with Gasteiger partial charge in [-0.25, -0.2) is 13.1 Å². The Morgan fingerprint density at radius 1 is 0.969 bits per heavy atom. The van der Waals surface area contributed by atoms with E-state index in [1.807, 2.05) is 0 Å². The van der Waals surface area contributed by atoms with Gasteiger partial charge in [0.05, 0.1) is 9.82 Å². The number of rotatable bonds is 7. The maximum absolute atomic E-state index is 12.9. The lowest BCUT2D eigenvalue weighted by Crippen LogP contribution is -2.58. The number of sulfonamides is 1. The molecule has 0 amide bonds. The lowest BCUT2D eigenvalue weighted by atomic mass is 9.89. The summed E-state index contributed by atoms with van der Waals surface area (Å²) >= 11 is 5.60. The van der Waals surface area contributed by atoms with E-state index in [0.717, 1.165) is 32.1 Å². The second-order valence-corrected chi connectivity index (χ2v) is 11.0. The first kappa shape index (κ1) is 24.8. The molecule has 0 bridgehead atoms. The van der Waals surface area contributed by atoms with Crippen LogP contribution >= 0.6 is 12.2 Å². The average molecular weight is 484 g/mol. The van der Waals surface area contributed by atoms with Gasteiger partial charge in [0.25, 0.3) is 5.69 Å². The Morgan fingerprint density at radius 2 is 1.50 bits per heavy atom. The quantitative estimate of drug-likeness (QED) is 0.308. The van der Waals surface area contributed by atoms with Gasteiger partial charge in [0.2, 0.25) is 10.0 Å². The molecule has 0 radical (unpaired) electrons. The van der Waals surface area contributed by atoms with Crippen molar-refractivity contribution in [2.24, 2.45) is 0 Å². The van der Waals surface area contributed by atoms with Crippen molar-refractivity contribution in [3.63, 3.8) is 0 Å². The molecular formula is C21H33N5O4S2. The molecule has 0 aliphatic heterocycles. The van der Waals surface area contributed by atoms with Crippen LogP contribution in [0.25, 0.3) is 0 Å². The van der Waals surface area contributed by atoms with Gasteiger partial charge in [0, 0.05) is 36.3 Å². The average Bonchev–Trinajstić information content (AvgIpc) is 2.75. The molecule has 2 aliphatic carbocycles. The van der Waals surface area contributed by atoms with Crippen molar-refractivity contribution in [1.82, 2.24) is 20.3 Å². The number of non-ortho nitro benzene ring substituents is 1. The van der Waals surface area contributed by atoms with Crippen molar-refractivity contribution < 1.29 is 13.3 Å². The first-order valence-corrected chi connectivity index (χ1v) is 13.1. The third kappa shape index (κ3) is 6.37. The van der Waals surface area contributed by atoms with Crippen molar-refractivity contribution in [3.8, 4) is 0 Å². The van der Waals surface area contributed by atoms with Crippen LogP contribution < -0.4 is 15.4 Å². The van der Waals surface area contributed by atoms with Gasteiger partial charge in [-0.05, 0) is 64.1 Å². The lowest BCUT2D eigenvalue weighted by molar-refractivity contribution is -0.384. The highest BCUT2D eigenvalue weighted by Gasteiger charge is 2.32. The normalized spacial score (nSPS) is 26.5. The van der Waals surface area contributed by atoms with Gasteiger partial charge < -0.3 is 15.5 Å². The third-order valence-electron chi connectivity index (χ3n) is 6.46. The molecule has 0 heterocycles. The predicted octanol–water partition coefficient (Wildman–Crippen LogP) is 2.52. The van der Waals surface area contributed by atoms with Crippen molar-refractivity contribution in [2.45, 2.75) is 80.4 Å². The van der Waals surface area contributed by atoms with E-state index in [1.54, 1.807) is 0 Å². The van der Waals surface area contributed by atoms with E-state index in [1.165, 1.54) is 37.1 Å². The van der Waals surface area contributed by atoms with E-state index in [0.29, 0.717) is 17.6 Å². The van der Waals surface area contributed by atoms with Crippen LogP contribution in [0.5, 0.6) is 0 Å². The van der Waals surface area contributed by atoms with Crippen LogP contribution in [0.3, 0.4) is 0 Å². The van der Waals surface area contributed by atoms with Crippen molar-refractivity contribution in [2.75, 3.05) is 14.1 Å². The molecule has 4 atom stereocenters. The SMILES string of the molecule is CN(C)[C@H]1CCCC[C@@H]1NC(=S)N[C@H]1CCCC[C@@H]1NS(=O)(=O)c1ccc([N+](=O)[O-])cc1. The molecule has 0 saturated heterocycles. The first-order valence-electron chi connectivity index (χ1n) is 11.2. The number of nitro benzene ring substituents is 1. The van der Waals surface area contributed by atoms with Gasteiger partial charge in [-0.1, -0.05) is 25.7 Å². The Hall–Kier alpha value is -1.82. The Morgan fingerprint density at radius 3 is 2.09 bits per heavy atom. The van der Waals surface area contributed by atoms with Crippen LogP contribution in [0, 0.1) is 10.1 Å². The summed E-state index contributed by atoms with van der Waals surface area (Å²) < 4.78 is 28.6. The maximum Gasteiger partial charge on any atom is 0.269 e. The van der Waals surface area contributed by atoms with Crippen LogP contribution in [0.15, 0.2) is 29.2 Å². The monoisotopic (exact) mass is 483 g/mol. The topological polar surface area (TPSA) is 117 Å². The molecule has 11 heteroatoms. The number of nitro groups is 1. The number of nitrogens with one attached hydrogen (secondary N) is 3. The summed E-state index contributed by atoms with van der Waals surface area (Å²) in [5, 5.41) is 18.2. The molecule has 2 aliphatic rings. The fraction of sp³-hybridized carbons (Fsp3) is 0.667. The molecule has 0 aromatic heterocycles. The summed E-state index contributed by atoms with van der Waals surface area (Å²) in [6.45, 7) is 0. The minimum Gasteiger partial charge on any atom is -0.358 e. The number of hydrogen-bond acceptors (Lipinski definition) is 6. The molecule has 9 nitrogen and oxygen atoms in total. The van der Waals surface area contributed by atoms with Gasteiger partial charge in [0.15, 0.2) is 5.11 Å². The largest absolute Gasteiger partial charge is 0.358 e.